The van der Waals surface area contributed by atoms with Gasteiger partial charge in [-0.25, -0.2) is 9.18 Å². The normalized spacial score (nSPS) is 19.7. The van der Waals surface area contributed by atoms with Crippen molar-refractivity contribution < 1.29 is 43.5 Å². The second kappa shape index (κ2) is 11.5. The van der Waals surface area contributed by atoms with E-state index in [4.69, 9.17) is 29.5 Å². The Bertz CT molecular complexity index is 952. The van der Waals surface area contributed by atoms with E-state index in [9.17, 15) is 14.0 Å². The molecule has 0 bridgehead atoms. The van der Waals surface area contributed by atoms with Crippen molar-refractivity contribution in [3.8, 4) is 17.2 Å². The zero-order valence-corrected chi connectivity index (χ0v) is 17.8. The first kappa shape index (κ1) is 24.3. The van der Waals surface area contributed by atoms with Gasteiger partial charge in [-0.2, -0.15) is 0 Å². The largest absolute Gasteiger partial charge is 0.493 e. The summed E-state index contributed by atoms with van der Waals surface area (Å²) >= 11 is 0. The van der Waals surface area contributed by atoms with Crippen LogP contribution in [0.3, 0.4) is 0 Å². The van der Waals surface area contributed by atoms with Gasteiger partial charge in [-0.1, -0.05) is 12.1 Å². The Morgan fingerprint density at radius 2 is 1.85 bits per heavy atom. The van der Waals surface area contributed by atoms with Gasteiger partial charge in [-0.3, -0.25) is 4.79 Å². The Morgan fingerprint density at radius 3 is 2.52 bits per heavy atom. The molecule has 0 amide bonds. The smallest absolute Gasteiger partial charge is 0.333 e. The van der Waals surface area contributed by atoms with Crippen molar-refractivity contribution in [2.75, 3.05) is 26.5 Å². The van der Waals surface area contributed by atoms with Crippen molar-refractivity contribution in [3.05, 3.63) is 53.8 Å². The van der Waals surface area contributed by atoms with Crippen LogP contribution in [0, 0.1) is 11.7 Å². The predicted molar refractivity (Wildman–Crippen MR) is 114 cm³/mol. The van der Waals surface area contributed by atoms with Crippen LogP contribution in [0.1, 0.15) is 24.3 Å². The molecule has 2 aliphatic rings. The number of hydrogen-bond acceptors (Lipinski definition) is 7. The first-order valence-electron chi connectivity index (χ1n) is 10.4. The fourth-order valence-electron chi connectivity index (χ4n) is 3.67. The molecule has 2 aromatic carbocycles. The SMILES string of the molecule is Fc1ccc([C@@H]2CCNC[C@H]2COc2ccc3c(c2)OCO3)cc1.O=C(O)CC(O)C(=O)O. The third kappa shape index (κ3) is 7.06. The highest BCUT2D eigenvalue weighted by molar-refractivity contribution is 5.79. The summed E-state index contributed by atoms with van der Waals surface area (Å²) in [6.45, 7) is 2.74. The molecule has 0 saturated carbocycles. The molecule has 1 saturated heterocycles. The van der Waals surface area contributed by atoms with Crippen molar-refractivity contribution in [1.82, 2.24) is 5.32 Å². The number of aliphatic hydroxyl groups is 1. The van der Waals surface area contributed by atoms with Crippen LogP contribution in [-0.2, 0) is 9.59 Å². The summed E-state index contributed by atoms with van der Waals surface area (Å²) in [6.07, 6.45) is -1.52. The van der Waals surface area contributed by atoms with Crippen LogP contribution < -0.4 is 19.5 Å². The average Bonchev–Trinajstić information content (AvgIpc) is 3.26. The number of piperidine rings is 1. The maximum atomic E-state index is 13.2. The summed E-state index contributed by atoms with van der Waals surface area (Å²) in [5, 5.41) is 27.6. The highest BCUT2D eigenvalue weighted by Gasteiger charge is 2.27. The average molecular weight is 463 g/mol. The molecule has 4 rings (SSSR count). The van der Waals surface area contributed by atoms with Gasteiger partial charge in [0.15, 0.2) is 17.6 Å². The number of carboxylic acid groups (broad SMARTS) is 2. The van der Waals surface area contributed by atoms with Gasteiger partial charge in [-0.15, -0.1) is 0 Å². The number of hydrogen-bond donors (Lipinski definition) is 4. The summed E-state index contributed by atoms with van der Waals surface area (Å²) in [7, 11) is 0. The molecule has 33 heavy (non-hydrogen) atoms. The van der Waals surface area contributed by atoms with E-state index in [0.29, 0.717) is 18.4 Å². The minimum atomic E-state index is -1.79. The first-order chi connectivity index (χ1) is 15.8. The van der Waals surface area contributed by atoms with E-state index in [0.717, 1.165) is 36.8 Å². The molecule has 10 heteroatoms. The van der Waals surface area contributed by atoms with Gasteiger partial charge in [-0.05, 0) is 48.7 Å². The number of carboxylic acids is 2. The van der Waals surface area contributed by atoms with E-state index in [2.05, 4.69) is 5.32 Å². The monoisotopic (exact) mass is 463 g/mol. The van der Waals surface area contributed by atoms with Crippen molar-refractivity contribution in [3.63, 3.8) is 0 Å². The van der Waals surface area contributed by atoms with Gasteiger partial charge in [0.2, 0.25) is 6.79 Å². The second-order valence-electron chi connectivity index (χ2n) is 7.69. The predicted octanol–water partition coefficient (Wildman–Crippen LogP) is 2.23. The minimum absolute atomic E-state index is 0.194. The number of fused-ring (bicyclic) bond motifs is 1. The number of aliphatic hydroxyl groups excluding tert-OH is 1. The highest BCUT2D eigenvalue weighted by atomic mass is 19.1. The molecule has 2 aliphatic heterocycles. The molecule has 2 heterocycles. The number of rotatable bonds is 7. The van der Waals surface area contributed by atoms with Crippen LogP contribution in [0.4, 0.5) is 4.39 Å². The molecule has 4 N–H and O–H groups in total. The lowest BCUT2D eigenvalue weighted by atomic mass is 9.81. The molecule has 2 aromatic rings. The lowest BCUT2D eigenvalue weighted by Gasteiger charge is -2.32. The molecule has 1 fully saturated rings. The van der Waals surface area contributed by atoms with Gasteiger partial charge >= 0.3 is 11.9 Å². The number of aliphatic carboxylic acids is 2. The van der Waals surface area contributed by atoms with Crippen LogP contribution in [0.15, 0.2) is 42.5 Å². The fraction of sp³-hybridized carbons (Fsp3) is 0.391. The molecule has 0 aromatic heterocycles. The van der Waals surface area contributed by atoms with E-state index in [1.54, 1.807) is 0 Å². The van der Waals surface area contributed by atoms with E-state index in [1.807, 2.05) is 30.3 Å². The van der Waals surface area contributed by atoms with Gasteiger partial charge in [0, 0.05) is 18.5 Å². The standard InChI is InChI=1S/C19H20FNO3.C4H6O5/c20-15-3-1-13(2-4-15)17-7-8-21-10-14(17)11-22-16-5-6-18-19(9-16)24-12-23-18;5-2(4(8)9)1-3(6)7/h1-6,9,14,17,21H,7-8,10-12H2;2,5H,1H2,(H,6,7)(H,8,9)/t14-,17-;/m0./s1. The number of nitrogens with one attached hydrogen (secondary N) is 1. The quantitative estimate of drug-likeness (QED) is 0.488. The summed E-state index contributed by atoms with van der Waals surface area (Å²) in [5.41, 5.74) is 1.18. The Balaban J connectivity index is 0.000000292. The van der Waals surface area contributed by atoms with Crippen LogP contribution in [0.25, 0.3) is 0 Å². The number of benzene rings is 2. The Kier molecular flexibility index (Phi) is 8.45. The number of carbonyl (C=O) groups is 2. The molecular formula is C23H26FNO8. The Hall–Kier alpha value is -3.37. The van der Waals surface area contributed by atoms with E-state index in [-0.39, 0.29) is 12.6 Å². The summed E-state index contributed by atoms with van der Waals surface area (Å²) in [6, 6.07) is 12.5. The molecule has 3 atom stereocenters. The second-order valence-corrected chi connectivity index (χ2v) is 7.69. The van der Waals surface area contributed by atoms with Gasteiger partial charge in [0.25, 0.3) is 0 Å². The third-order valence-electron chi connectivity index (χ3n) is 5.37. The molecule has 0 spiro atoms. The molecule has 1 unspecified atom stereocenters. The molecule has 0 aliphatic carbocycles. The fourth-order valence-corrected chi connectivity index (χ4v) is 3.67. The highest BCUT2D eigenvalue weighted by Crippen LogP contribution is 2.36. The van der Waals surface area contributed by atoms with Gasteiger partial charge in [0.1, 0.15) is 11.6 Å². The molecule has 178 valence electrons. The van der Waals surface area contributed by atoms with E-state index in [1.165, 1.54) is 17.7 Å². The van der Waals surface area contributed by atoms with Crippen LogP contribution in [-0.4, -0.2) is 59.9 Å². The van der Waals surface area contributed by atoms with Crippen LogP contribution in [0.5, 0.6) is 17.2 Å². The maximum Gasteiger partial charge on any atom is 0.333 e. The topological polar surface area (TPSA) is 135 Å². The Morgan fingerprint density at radius 1 is 1.12 bits per heavy atom. The Labute approximate surface area is 189 Å². The van der Waals surface area contributed by atoms with Crippen LogP contribution in [0.2, 0.25) is 0 Å². The third-order valence-corrected chi connectivity index (χ3v) is 5.37. The lowest BCUT2D eigenvalue weighted by molar-refractivity contribution is -0.152. The summed E-state index contributed by atoms with van der Waals surface area (Å²) < 4.78 is 29.9. The van der Waals surface area contributed by atoms with E-state index >= 15 is 0 Å². The zero-order valence-electron chi connectivity index (χ0n) is 17.8. The van der Waals surface area contributed by atoms with Crippen molar-refractivity contribution >= 4 is 11.9 Å². The lowest BCUT2D eigenvalue weighted by Crippen LogP contribution is -2.38. The van der Waals surface area contributed by atoms with Crippen molar-refractivity contribution in [2.24, 2.45) is 5.92 Å². The maximum absolute atomic E-state index is 13.2. The molecular weight excluding hydrogens is 437 g/mol. The van der Waals surface area contributed by atoms with Crippen molar-refractivity contribution in [2.45, 2.75) is 24.9 Å². The van der Waals surface area contributed by atoms with Gasteiger partial charge in [0.05, 0.1) is 13.0 Å². The number of ether oxygens (including phenoxy) is 3. The number of halogens is 1. The summed E-state index contributed by atoms with van der Waals surface area (Å²) in [5.74, 6) is -0.0588. The first-order valence-corrected chi connectivity index (χ1v) is 10.4. The zero-order chi connectivity index (χ0) is 23.8. The van der Waals surface area contributed by atoms with E-state index < -0.39 is 24.5 Å². The summed E-state index contributed by atoms with van der Waals surface area (Å²) in [4.78, 5) is 19.4. The van der Waals surface area contributed by atoms with Crippen molar-refractivity contribution in [1.29, 1.82) is 0 Å². The van der Waals surface area contributed by atoms with Crippen LogP contribution >= 0.6 is 0 Å². The minimum Gasteiger partial charge on any atom is -0.493 e. The molecule has 9 nitrogen and oxygen atoms in total. The van der Waals surface area contributed by atoms with Gasteiger partial charge < -0.3 is 34.8 Å². The molecule has 0 radical (unpaired) electrons.